The summed E-state index contributed by atoms with van der Waals surface area (Å²) in [5.74, 6) is 0.0553. The van der Waals surface area contributed by atoms with Crippen molar-refractivity contribution < 1.29 is 14.3 Å². The maximum absolute atomic E-state index is 12.5. The fourth-order valence-electron chi connectivity index (χ4n) is 1.84. The number of amides is 2. The normalized spacial score (nSPS) is 10.2. The number of anilines is 1. The summed E-state index contributed by atoms with van der Waals surface area (Å²) >= 11 is 4.64. The van der Waals surface area contributed by atoms with Crippen LogP contribution in [0.1, 0.15) is 10.4 Å². The molecule has 0 heterocycles. The van der Waals surface area contributed by atoms with Crippen molar-refractivity contribution in [3.05, 3.63) is 52.5 Å². The van der Waals surface area contributed by atoms with Crippen molar-refractivity contribution in [3.8, 4) is 5.75 Å². The summed E-state index contributed by atoms with van der Waals surface area (Å²) < 4.78 is 5.81. The molecule has 120 valence electrons. The Bertz CT molecular complexity index is 737. The molecule has 3 N–H and O–H groups in total. The molecule has 0 spiro atoms. The van der Waals surface area contributed by atoms with E-state index in [-0.39, 0.29) is 11.7 Å². The van der Waals surface area contributed by atoms with E-state index in [4.69, 9.17) is 10.5 Å². The molecule has 2 aromatic carbocycles. The van der Waals surface area contributed by atoms with Gasteiger partial charge in [-0.2, -0.15) is 0 Å². The smallest absolute Gasteiger partial charge is 0.256 e. The van der Waals surface area contributed by atoms with E-state index in [0.717, 1.165) is 4.90 Å². The van der Waals surface area contributed by atoms with Crippen LogP contribution < -0.4 is 15.8 Å². The second-order valence-electron chi connectivity index (χ2n) is 4.55. The van der Waals surface area contributed by atoms with Gasteiger partial charge in [0.05, 0.1) is 24.1 Å². The van der Waals surface area contributed by atoms with E-state index in [1.807, 2.05) is 18.2 Å². The first-order chi connectivity index (χ1) is 11.0. The maximum atomic E-state index is 12.5. The lowest BCUT2D eigenvalue weighted by Gasteiger charge is -2.12. The molecule has 0 saturated carbocycles. The summed E-state index contributed by atoms with van der Waals surface area (Å²) in [7, 11) is 1.54. The second kappa shape index (κ2) is 8.03. The van der Waals surface area contributed by atoms with Crippen LogP contribution in [0, 0.1) is 0 Å². The Morgan fingerprint density at radius 1 is 1.26 bits per heavy atom. The number of nitrogens with one attached hydrogen (secondary N) is 1. The Balaban J connectivity index is 2.22. The van der Waals surface area contributed by atoms with Crippen molar-refractivity contribution in [2.75, 3.05) is 18.2 Å². The van der Waals surface area contributed by atoms with Gasteiger partial charge in [0.25, 0.3) is 5.91 Å². The van der Waals surface area contributed by atoms with Crippen LogP contribution in [0.25, 0.3) is 0 Å². The average Bonchev–Trinajstić information content (AvgIpc) is 2.54. The number of carbonyl (C=O) groups excluding carboxylic acids is 2. The first-order valence-electron chi connectivity index (χ1n) is 6.66. The number of thioether (sulfide) groups is 1. The monoisotopic (exact) mass is 394 g/mol. The predicted octanol–water partition coefficient (Wildman–Crippen LogP) is 3.29. The van der Waals surface area contributed by atoms with E-state index in [0.29, 0.717) is 21.5 Å². The van der Waals surface area contributed by atoms with E-state index in [1.54, 1.807) is 31.4 Å². The molecule has 0 aliphatic carbocycles. The molecule has 0 radical (unpaired) electrons. The topological polar surface area (TPSA) is 81.4 Å². The van der Waals surface area contributed by atoms with Gasteiger partial charge in [0.1, 0.15) is 5.75 Å². The number of ether oxygens (including phenoxy) is 1. The van der Waals surface area contributed by atoms with Gasteiger partial charge in [0, 0.05) is 9.37 Å². The van der Waals surface area contributed by atoms with Crippen molar-refractivity contribution in [2.45, 2.75) is 4.90 Å². The third kappa shape index (κ3) is 4.74. The molecular formula is C16H15BrN2O3S. The Labute approximate surface area is 146 Å². The Morgan fingerprint density at radius 3 is 2.70 bits per heavy atom. The standard InChI is InChI=1S/C16H15BrN2O3S/c1-22-10-6-7-12(17)11(8-10)16(21)19-13-4-2-3-5-14(13)23-9-15(18)20/h2-8H,9H2,1H3,(H2,18,20)(H,19,21). The highest BCUT2D eigenvalue weighted by atomic mass is 79.9. The highest BCUT2D eigenvalue weighted by Gasteiger charge is 2.14. The van der Waals surface area contributed by atoms with Crippen LogP contribution in [-0.2, 0) is 4.79 Å². The molecular weight excluding hydrogens is 380 g/mol. The highest BCUT2D eigenvalue weighted by Crippen LogP contribution is 2.28. The third-order valence-electron chi connectivity index (χ3n) is 2.92. The number of hydrogen-bond donors (Lipinski definition) is 2. The number of para-hydroxylation sites is 1. The summed E-state index contributed by atoms with van der Waals surface area (Å²) in [6.07, 6.45) is 0. The second-order valence-corrected chi connectivity index (χ2v) is 6.42. The zero-order valence-corrected chi connectivity index (χ0v) is 14.7. The van der Waals surface area contributed by atoms with Gasteiger partial charge >= 0.3 is 0 Å². The number of primary amides is 1. The molecule has 2 aromatic rings. The molecule has 0 unspecified atom stereocenters. The summed E-state index contributed by atoms with van der Waals surface area (Å²) in [4.78, 5) is 24.2. The number of halogens is 1. The van der Waals surface area contributed by atoms with E-state index in [9.17, 15) is 9.59 Å². The van der Waals surface area contributed by atoms with Crippen LogP contribution in [-0.4, -0.2) is 24.7 Å². The minimum absolute atomic E-state index is 0.149. The fraction of sp³-hybridized carbons (Fsp3) is 0.125. The van der Waals surface area contributed by atoms with Gasteiger partial charge in [0.2, 0.25) is 5.91 Å². The molecule has 0 aromatic heterocycles. The number of rotatable bonds is 6. The third-order valence-corrected chi connectivity index (χ3v) is 4.71. The Kier molecular flexibility index (Phi) is 6.06. The van der Waals surface area contributed by atoms with Crippen molar-refractivity contribution in [3.63, 3.8) is 0 Å². The molecule has 2 rings (SSSR count). The zero-order valence-electron chi connectivity index (χ0n) is 12.3. The maximum Gasteiger partial charge on any atom is 0.256 e. The van der Waals surface area contributed by atoms with Crippen LogP contribution in [0.5, 0.6) is 5.75 Å². The number of carbonyl (C=O) groups is 2. The zero-order chi connectivity index (χ0) is 16.8. The number of hydrogen-bond acceptors (Lipinski definition) is 4. The molecule has 2 amide bonds. The van der Waals surface area contributed by atoms with E-state index < -0.39 is 5.91 Å². The number of benzene rings is 2. The van der Waals surface area contributed by atoms with Crippen LogP contribution in [0.4, 0.5) is 5.69 Å². The lowest BCUT2D eigenvalue weighted by Crippen LogP contribution is -2.15. The molecule has 0 saturated heterocycles. The molecule has 0 aliphatic heterocycles. The van der Waals surface area contributed by atoms with E-state index >= 15 is 0 Å². The predicted molar refractivity (Wildman–Crippen MR) is 95.0 cm³/mol. The van der Waals surface area contributed by atoms with Gasteiger partial charge in [-0.15, -0.1) is 11.8 Å². The van der Waals surface area contributed by atoms with Crippen molar-refractivity contribution in [1.29, 1.82) is 0 Å². The van der Waals surface area contributed by atoms with Crippen LogP contribution in [0.15, 0.2) is 51.8 Å². The van der Waals surface area contributed by atoms with E-state index in [1.165, 1.54) is 11.8 Å². The van der Waals surface area contributed by atoms with Gasteiger partial charge in [-0.05, 0) is 46.3 Å². The van der Waals surface area contributed by atoms with Gasteiger partial charge in [-0.25, -0.2) is 0 Å². The van der Waals surface area contributed by atoms with E-state index in [2.05, 4.69) is 21.2 Å². The van der Waals surface area contributed by atoms with Gasteiger partial charge in [-0.1, -0.05) is 12.1 Å². The van der Waals surface area contributed by atoms with Crippen molar-refractivity contribution in [1.82, 2.24) is 0 Å². The quantitative estimate of drug-likeness (QED) is 0.736. The molecule has 7 heteroatoms. The molecule has 5 nitrogen and oxygen atoms in total. The highest BCUT2D eigenvalue weighted by molar-refractivity contribution is 9.10. The van der Waals surface area contributed by atoms with Gasteiger partial charge in [-0.3, -0.25) is 9.59 Å². The number of nitrogens with two attached hydrogens (primary N) is 1. The first-order valence-corrected chi connectivity index (χ1v) is 8.44. The first kappa shape index (κ1) is 17.4. The summed E-state index contributed by atoms with van der Waals surface area (Å²) in [6, 6.07) is 12.4. The largest absolute Gasteiger partial charge is 0.497 e. The van der Waals surface area contributed by atoms with Gasteiger partial charge < -0.3 is 15.8 Å². The summed E-state index contributed by atoms with van der Waals surface area (Å²) in [5, 5.41) is 2.85. The molecule has 0 bridgehead atoms. The summed E-state index contributed by atoms with van der Waals surface area (Å²) in [5.41, 5.74) is 6.25. The Morgan fingerprint density at radius 2 is 2.00 bits per heavy atom. The molecule has 0 fully saturated rings. The van der Waals surface area contributed by atoms with Crippen molar-refractivity contribution in [2.24, 2.45) is 5.73 Å². The minimum atomic E-state index is -0.410. The molecule has 23 heavy (non-hydrogen) atoms. The Hall–Kier alpha value is -1.99. The van der Waals surface area contributed by atoms with Crippen LogP contribution in [0.2, 0.25) is 0 Å². The van der Waals surface area contributed by atoms with Crippen molar-refractivity contribution >= 4 is 45.2 Å². The van der Waals surface area contributed by atoms with Crippen LogP contribution >= 0.6 is 27.7 Å². The molecule has 0 atom stereocenters. The SMILES string of the molecule is COc1ccc(Br)c(C(=O)Nc2ccccc2SCC(N)=O)c1. The van der Waals surface area contributed by atoms with Crippen LogP contribution in [0.3, 0.4) is 0 Å². The fourth-order valence-corrected chi connectivity index (χ4v) is 3.01. The number of methoxy groups -OCH3 is 1. The average molecular weight is 395 g/mol. The minimum Gasteiger partial charge on any atom is -0.497 e. The summed E-state index contributed by atoms with van der Waals surface area (Å²) in [6.45, 7) is 0. The lowest BCUT2D eigenvalue weighted by molar-refractivity contribution is -0.115. The van der Waals surface area contributed by atoms with Gasteiger partial charge in [0.15, 0.2) is 0 Å². The lowest BCUT2D eigenvalue weighted by atomic mass is 10.2. The molecule has 0 aliphatic rings.